The highest BCUT2D eigenvalue weighted by molar-refractivity contribution is 6.07. The fourth-order valence-electron chi connectivity index (χ4n) is 3.18. The van der Waals surface area contributed by atoms with Crippen LogP contribution in [0.3, 0.4) is 0 Å². The molecule has 0 bridgehead atoms. The van der Waals surface area contributed by atoms with Gasteiger partial charge in [0.2, 0.25) is 5.91 Å². The van der Waals surface area contributed by atoms with Crippen LogP contribution >= 0.6 is 0 Å². The van der Waals surface area contributed by atoms with Crippen molar-refractivity contribution in [2.75, 3.05) is 19.0 Å². The number of carbonyl (C=O) groups excluding carboxylic acids is 1. The average molecular weight is 384 g/mol. The minimum atomic E-state index is -0.969. The van der Waals surface area contributed by atoms with Crippen LogP contribution in [0.5, 0.6) is 5.75 Å². The number of aliphatic carboxylic acids is 1. The Morgan fingerprint density at radius 2 is 1.93 bits per heavy atom. The van der Waals surface area contributed by atoms with Gasteiger partial charge in [-0.15, -0.1) is 0 Å². The Hall–Kier alpha value is -3.06. The summed E-state index contributed by atoms with van der Waals surface area (Å²) in [6, 6.07) is 10.4. The zero-order chi connectivity index (χ0) is 20.3. The number of carbonyl (C=O) groups is 2. The van der Waals surface area contributed by atoms with Gasteiger partial charge in [-0.25, -0.2) is 0 Å². The Bertz CT molecular complexity index is 1010. The Labute approximate surface area is 162 Å². The van der Waals surface area contributed by atoms with Gasteiger partial charge < -0.3 is 19.6 Å². The van der Waals surface area contributed by atoms with Crippen LogP contribution in [0.15, 0.2) is 40.8 Å². The lowest BCUT2D eigenvalue weighted by atomic mass is 9.99. The molecule has 2 aromatic carbocycles. The molecule has 0 unspecified atom stereocenters. The highest BCUT2D eigenvalue weighted by Crippen LogP contribution is 2.36. The minimum absolute atomic E-state index is 0.0910. The van der Waals surface area contributed by atoms with Gasteiger partial charge in [0, 0.05) is 16.8 Å². The Balaban J connectivity index is 1.80. The maximum Gasteiger partial charge on any atom is 0.320 e. The second kappa shape index (κ2) is 8.31. The Morgan fingerprint density at radius 1 is 1.18 bits per heavy atom. The second-order valence-corrected chi connectivity index (χ2v) is 6.78. The maximum absolute atomic E-state index is 12.4. The molecule has 28 heavy (non-hydrogen) atoms. The Morgan fingerprint density at radius 3 is 2.61 bits per heavy atom. The molecule has 1 amide bonds. The van der Waals surface area contributed by atoms with Crippen molar-refractivity contribution in [2.45, 2.75) is 26.3 Å². The minimum Gasteiger partial charge on any atom is -0.495 e. The van der Waals surface area contributed by atoms with Gasteiger partial charge in [-0.3, -0.25) is 14.9 Å². The van der Waals surface area contributed by atoms with Crippen LogP contribution in [0.2, 0.25) is 0 Å². The first-order valence-electron chi connectivity index (χ1n) is 9.20. The topological polar surface area (TPSA) is 101 Å². The molecule has 2 atom stereocenters. The molecule has 7 heteroatoms. The first-order chi connectivity index (χ1) is 13.4. The van der Waals surface area contributed by atoms with Crippen molar-refractivity contribution in [3.05, 3.63) is 36.4 Å². The number of hydrogen-bond donors (Lipinski definition) is 3. The van der Waals surface area contributed by atoms with E-state index in [-0.39, 0.29) is 18.4 Å². The summed E-state index contributed by atoms with van der Waals surface area (Å²) in [6.45, 7) is 3.63. The van der Waals surface area contributed by atoms with E-state index in [0.717, 1.165) is 16.4 Å². The van der Waals surface area contributed by atoms with Gasteiger partial charge in [0.05, 0.1) is 19.3 Å². The van der Waals surface area contributed by atoms with Crippen LogP contribution in [0, 0.1) is 5.92 Å². The number of para-hydroxylation sites is 1. The monoisotopic (exact) mass is 384 g/mol. The fourth-order valence-corrected chi connectivity index (χ4v) is 3.18. The molecule has 0 aliphatic heterocycles. The van der Waals surface area contributed by atoms with Gasteiger partial charge in [0.1, 0.15) is 23.0 Å². The van der Waals surface area contributed by atoms with E-state index in [1.54, 1.807) is 6.07 Å². The van der Waals surface area contributed by atoms with Gasteiger partial charge in [0.15, 0.2) is 0 Å². The summed E-state index contributed by atoms with van der Waals surface area (Å²) in [7, 11) is 1.53. The van der Waals surface area contributed by atoms with Crippen molar-refractivity contribution in [2.24, 2.45) is 5.92 Å². The summed E-state index contributed by atoms with van der Waals surface area (Å²) in [5.74, 6) is -0.914. The molecule has 3 aromatic rings. The summed E-state index contributed by atoms with van der Waals surface area (Å²) in [5, 5.41) is 16.8. The number of furan rings is 1. The SMILES string of the molecule is CC[C@H](C)[C@H](NCC(=O)Nc1cc2oc3ccccc3c2cc1OC)C(=O)O. The van der Waals surface area contributed by atoms with E-state index < -0.39 is 12.0 Å². The van der Waals surface area contributed by atoms with E-state index in [1.165, 1.54) is 7.11 Å². The fraction of sp³-hybridized carbons (Fsp3) is 0.333. The number of methoxy groups -OCH3 is 1. The van der Waals surface area contributed by atoms with Gasteiger partial charge >= 0.3 is 5.97 Å². The molecule has 148 valence electrons. The molecule has 3 rings (SSSR count). The number of ether oxygens (including phenoxy) is 1. The smallest absolute Gasteiger partial charge is 0.320 e. The number of hydrogen-bond acceptors (Lipinski definition) is 5. The van der Waals surface area contributed by atoms with Crippen molar-refractivity contribution in [3.63, 3.8) is 0 Å². The van der Waals surface area contributed by atoms with Crippen LogP contribution in [-0.2, 0) is 9.59 Å². The predicted octanol–water partition coefficient (Wildman–Crippen LogP) is 3.62. The molecule has 0 spiro atoms. The third-order valence-corrected chi connectivity index (χ3v) is 4.93. The van der Waals surface area contributed by atoms with Gasteiger partial charge in [0.25, 0.3) is 0 Å². The van der Waals surface area contributed by atoms with E-state index in [0.29, 0.717) is 23.4 Å². The molecule has 1 aromatic heterocycles. The van der Waals surface area contributed by atoms with Crippen LogP contribution in [-0.4, -0.2) is 36.7 Å². The first-order valence-corrected chi connectivity index (χ1v) is 9.20. The highest BCUT2D eigenvalue weighted by atomic mass is 16.5. The van der Waals surface area contributed by atoms with Crippen molar-refractivity contribution in [1.82, 2.24) is 5.32 Å². The van der Waals surface area contributed by atoms with Crippen LogP contribution in [0.4, 0.5) is 5.69 Å². The second-order valence-electron chi connectivity index (χ2n) is 6.78. The van der Waals surface area contributed by atoms with E-state index in [4.69, 9.17) is 9.15 Å². The van der Waals surface area contributed by atoms with Gasteiger partial charge in [-0.2, -0.15) is 0 Å². The van der Waals surface area contributed by atoms with Crippen LogP contribution in [0.25, 0.3) is 21.9 Å². The standard InChI is InChI=1S/C21H24N2O5/c1-4-12(2)20(21(25)26)22-11-19(24)23-15-10-17-14(9-18(15)27-3)13-7-5-6-8-16(13)28-17/h5-10,12,20,22H,4,11H2,1-3H3,(H,23,24)(H,25,26)/t12-,20-/m0/s1. The van der Waals surface area contributed by atoms with E-state index >= 15 is 0 Å². The van der Waals surface area contributed by atoms with Gasteiger partial charge in [-0.1, -0.05) is 38.5 Å². The third-order valence-electron chi connectivity index (χ3n) is 4.93. The largest absolute Gasteiger partial charge is 0.495 e. The summed E-state index contributed by atoms with van der Waals surface area (Å²) in [4.78, 5) is 23.8. The molecule has 3 N–H and O–H groups in total. The molecule has 0 aliphatic rings. The number of benzene rings is 2. The summed E-state index contributed by atoms with van der Waals surface area (Å²) < 4.78 is 11.3. The number of carboxylic acids is 1. The Kier molecular flexibility index (Phi) is 5.84. The van der Waals surface area contributed by atoms with Crippen LogP contribution < -0.4 is 15.4 Å². The zero-order valence-electron chi connectivity index (χ0n) is 16.1. The van der Waals surface area contributed by atoms with Crippen molar-refractivity contribution in [3.8, 4) is 5.75 Å². The predicted molar refractivity (Wildman–Crippen MR) is 108 cm³/mol. The van der Waals surface area contributed by atoms with E-state index in [9.17, 15) is 14.7 Å². The van der Waals surface area contributed by atoms with Crippen LogP contribution in [0.1, 0.15) is 20.3 Å². The van der Waals surface area contributed by atoms with Gasteiger partial charge in [-0.05, 0) is 18.1 Å². The third kappa shape index (κ3) is 3.94. The summed E-state index contributed by atoms with van der Waals surface area (Å²) in [6.07, 6.45) is 0.697. The molecule has 0 fully saturated rings. The molecule has 1 heterocycles. The lowest BCUT2D eigenvalue weighted by molar-refractivity contribution is -0.140. The quantitative estimate of drug-likeness (QED) is 0.548. The number of anilines is 1. The lowest BCUT2D eigenvalue weighted by Gasteiger charge is -2.20. The highest BCUT2D eigenvalue weighted by Gasteiger charge is 2.24. The molecular weight excluding hydrogens is 360 g/mol. The van der Waals surface area contributed by atoms with E-state index in [2.05, 4.69) is 10.6 Å². The van der Waals surface area contributed by atoms with Crippen molar-refractivity contribution < 1.29 is 23.8 Å². The zero-order valence-corrected chi connectivity index (χ0v) is 16.1. The number of fused-ring (bicyclic) bond motifs is 3. The summed E-state index contributed by atoms with van der Waals surface area (Å²) >= 11 is 0. The first kappa shape index (κ1) is 19.7. The summed E-state index contributed by atoms with van der Waals surface area (Å²) in [5.41, 5.74) is 1.85. The average Bonchev–Trinajstić information content (AvgIpc) is 3.04. The molecule has 0 saturated heterocycles. The molecule has 7 nitrogen and oxygen atoms in total. The molecule has 0 radical (unpaired) electrons. The normalized spacial score (nSPS) is 13.4. The van der Waals surface area contributed by atoms with Crippen molar-refractivity contribution >= 4 is 39.5 Å². The number of amides is 1. The molecule has 0 aliphatic carbocycles. The molecule has 0 saturated carbocycles. The number of carboxylic acid groups (broad SMARTS) is 1. The molecular formula is C21H24N2O5. The maximum atomic E-state index is 12.4. The number of rotatable bonds is 8. The number of nitrogens with one attached hydrogen (secondary N) is 2. The lowest BCUT2D eigenvalue weighted by Crippen LogP contribution is -2.45. The van der Waals surface area contributed by atoms with Crippen molar-refractivity contribution in [1.29, 1.82) is 0 Å². The van der Waals surface area contributed by atoms with E-state index in [1.807, 2.05) is 44.2 Å².